The van der Waals surface area contributed by atoms with Crippen LogP contribution in [0.1, 0.15) is 34.7 Å². The van der Waals surface area contributed by atoms with Gasteiger partial charge in [-0.25, -0.2) is 4.99 Å². The summed E-state index contributed by atoms with van der Waals surface area (Å²) in [6, 6.07) is 23.6. The van der Waals surface area contributed by atoms with Crippen LogP contribution in [0.15, 0.2) is 88.2 Å². The SMILES string of the molecule is COc1cccc(/C=c2\sc3n(c2=O)[C@@H](c2ccccc2)C2=C(N=3)c3ccccc3CC2)c1O. The van der Waals surface area contributed by atoms with Gasteiger partial charge in [0.2, 0.25) is 0 Å². The number of methoxy groups -OCH3 is 1. The zero-order valence-corrected chi connectivity index (χ0v) is 19.4. The summed E-state index contributed by atoms with van der Waals surface area (Å²) in [5.41, 5.74) is 6.09. The van der Waals surface area contributed by atoms with Crippen molar-refractivity contribution in [1.29, 1.82) is 0 Å². The quantitative estimate of drug-likeness (QED) is 0.496. The van der Waals surface area contributed by atoms with Crippen LogP contribution < -0.4 is 19.6 Å². The fourth-order valence-corrected chi connectivity index (χ4v) is 5.91. The van der Waals surface area contributed by atoms with Crippen LogP contribution in [0.5, 0.6) is 11.5 Å². The molecule has 168 valence electrons. The summed E-state index contributed by atoms with van der Waals surface area (Å²) in [4.78, 5) is 19.4. The Balaban J connectivity index is 1.62. The Morgan fingerprint density at radius 2 is 1.82 bits per heavy atom. The average molecular weight is 467 g/mol. The highest BCUT2D eigenvalue weighted by Crippen LogP contribution is 2.41. The molecule has 1 N–H and O–H groups in total. The first-order valence-corrected chi connectivity index (χ1v) is 12.0. The summed E-state index contributed by atoms with van der Waals surface area (Å²) in [5.74, 6) is 0.388. The molecule has 34 heavy (non-hydrogen) atoms. The normalized spacial score (nSPS) is 17.0. The standard InChI is InChI=1S/C28H22N2O3S/c1-33-22-13-7-11-19(26(22)31)16-23-27(32)30-25(18-9-3-2-4-10-18)21-15-14-17-8-5-6-12-20(17)24(21)29-28(30)34-23/h2-13,16,25,31H,14-15H2,1H3/b23-16-/t25-/m0/s1. The van der Waals surface area contributed by atoms with Gasteiger partial charge in [0.25, 0.3) is 5.56 Å². The van der Waals surface area contributed by atoms with E-state index in [1.165, 1.54) is 29.6 Å². The van der Waals surface area contributed by atoms with Crippen molar-refractivity contribution in [2.45, 2.75) is 18.9 Å². The predicted molar refractivity (Wildman–Crippen MR) is 134 cm³/mol. The van der Waals surface area contributed by atoms with Gasteiger partial charge in [0, 0.05) is 11.1 Å². The van der Waals surface area contributed by atoms with Gasteiger partial charge in [-0.2, -0.15) is 0 Å². The highest BCUT2D eigenvalue weighted by atomic mass is 32.1. The molecular formula is C28H22N2O3S. The number of aromatic hydroxyl groups is 1. The number of hydrogen-bond donors (Lipinski definition) is 1. The third kappa shape index (κ3) is 3.22. The van der Waals surface area contributed by atoms with E-state index in [-0.39, 0.29) is 17.4 Å². The summed E-state index contributed by atoms with van der Waals surface area (Å²) >= 11 is 1.35. The van der Waals surface area contributed by atoms with Crippen molar-refractivity contribution in [2.75, 3.05) is 7.11 Å². The Bertz CT molecular complexity index is 1630. The molecule has 1 aromatic heterocycles. The molecule has 0 radical (unpaired) electrons. The van der Waals surface area contributed by atoms with Crippen molar-refractivity contribution < 1.29 is 9.84 Å². The fourth-order valence-electron chi connectivity index (χ4n) is 4.92. The minimum atomic E-state index is -0.207. The number of thiazole rings is 1. The second-order valence-electron chi connectivity index (χ2n) is 8.42. The fraction of sp³-hybridized carbons (Fsp3) is 0.143. The van der Waals surface area contributed by atoms with Gasteiger partial charge < -0.3 is 9.84 Å². The van der Waals surface area contributed by atoms with E-state index in [1.54, 1.807) is 24.3 Å². The first-order valence-electron chi connectivity index (χ1n) is 11.2. The second kappa shape index (κ2) is 8.15. The third-order valence-corrected chi connectivity index (χ3v) is 7.51. The zero-order chi connectivity index (χ0) is 23.2. The number of aromatic nitrogens is 1. The van der Waals surface area contributed by atoms with Crippen LogP contribution in [-0.2, 0) is 6.42 Å². The summed E-state index contributed by atoms with van der Waals surface area (Å²) in [6.07, 6.45) is 3.51. The molecule has 0 saturated carbocycles. The van der Waals surface area contributed by atoms with Crippen molar-refractivity contribution in [2.24, 2.45) is 4.99 Å². The average Bonchev–Trinajstić information content (AvgIpc) is 3.19. The van der Waals surface area contributed by atoms with E-state index in [0.29, 0.717) is 20.6 Å². The molecule has 6 heteroatoms. The van der Waals surface area contributed by atoms with Gasteiger partial charge in [-0.1, -0.05) is 78.1 Å². The number of phenolic OH excluding ortho intramolecular Hbond substituents is 1. The lowest BCUT2D eigenvalue weighted by atomic mass is 9.83. The van der Waals surface area contributed by atoms with Gasteiger partial charge >= 0.3 is 0 Å². The molecule has 0 spiro atoms. The molecule has 0 fully saturated rings. The number of para-hydroxylation sites is 1. The Morgan fingerprint density at radius 1 is 1.03 bits per heavy atom. The molecule has 6 rings (SSSR count). The minimum Gasteiger partial charge on any atom is -0.504 e. The number of fused-ring (bicyclic) bond motifs is 3. The van der Waals surface area contributed by atoms with E-state index in [2.05, 4.69) is 30.3 Å². The van der Waals surface area contributed by atoms with Crippen molar-refractivity contribution in [3.8, 4) is 11.5 Å². The lowest BCUT2D eigenvalue weighted by Gasteiger charge is -2.30. The molecule has 2 heterocycles. The highest BCUT2D eigenvalue weighted by molar-refractivity contribution is 7.07. The third-order valence-electron chi connectivity index (χ3n) is 6.52. The predicted octanol–water partition coefficient (Wildman–Crippen LogP) is 4.03. The molecule has 1 atom stereocenters. The van der Waals surface area contributed by atoms with Crippen LogP contribution in [0, 0.1) is 0 Å². The van der Waals surface area contributed by atoms with Crippen LogP contribution in [-0.4, -0.2) is 16.8 Å². The van der Waals surface area contributed by atoms with Crippen LogP contribution in [0.4, 0.5) is 0 Å². The Kier molecular flexibility index (Phi) is 4.96. The van der Waals surface area contributed by atoms with Crippen molar-refractivity contribution >= 4 is 23.1 Å². The van der Waals surface area contributed by atoms with Crippen LogP contribution in [0.2, 0.25) is 0 Å². The molecule has 0 amide bonds. The highest BCUT2D eigenvalue weighted by Gasteiger charge is 2.32. The van der Waals surface area contributed by atoms with Gasteiger partial charge in [-0.05, 0) is 41.7 Å². The van der Waals surface area contributed by atoms with E-state index in [4.69, 9.17) is 9.73 Å². The van der Waals surface area contributed by atoms with E-state index >= 15 is 0 Å². The number of phenols is 1. The smallest absolute Gasteiger partial charge is 0.271 e. The monoisotopic (exact) mass is 466 g/mol. The van der Waals surface area contributed by atoms with Gasteiger partial charge in [-0.15, -0.1) is 0 Å². The van der Waals surface area contributed by atoms with Crippen LogP contribution >= 0.6 is 11.3 Å². The number of allylic oxidation sites excluding steroid dienone is 1. The molecular weight excluding hydrogens is 444 g/mol. The number of rotatable bonds is 3. The number of hydrogen-bond acceptors (Lipinski definition) is 5. The number of ether oxygens (including phenoxy) is 1. The van der Waals surface area contributed by atoms with Crippen LogP contribution in [0.25, 0.3) is 11.8 Å². The van der Waals surface area contributed by atoms with Gasteiger partial charge in [-0.3, -0.25) is 9.36 Å². The molecule has 2 aliphatic rings. The number of aryl methyl sites for hydroxylation is 1. The van der Waals surface area contributed by atoms with Gasteiger partial charge in [0.15, 0.2) is 16.3 Å². The van der Waals surface area contributed by atoms with E-state index in [9.17, 15) is 9.90 Å². The maximum absolute atomic E-state index is 13.7. The molecule has 5 nitrogen and oxygen atoms in total. The number of nitrogens with zero attached hydrogens (tertiary/aromatic N) is 2. The Hall–Kier alpha value is -3.90. The molecule has 1 aliphatic heterocycles. The van der Waals surface area contributed by atoms with E-state index in [0.717, 1.165) is 29.7 Å². The zero-order valence-electron chi connectivity index (χ0n) is 18.6. The lowest BCUT2D eigenvalue weighted by Crippen LogP contribution is -2.38. The molecule has 4 aromatic rings. The molecule has 0 unspecified atom stereocenters. The summed E-state index contributed by atoms with van der Waals surface area (Å²) < 4.78 is 7.57. The molecule has 0 bridgehead atoms. The summed E-state index contributed by atoms with van der Waals surface area (Å²) in [7, 11) is 1.51. The van der Waals surface area contributed by atoms with Gasteiger partial charge in [0.1, 0.15) is 0 Å². The Labute approximate surface area is 200 Å². The van der Waals surface area contributed by atoms with Crippen molar-refractivity contribution in [1.82, 2.24) is 4.57 Å². The molecule has 0 saturated heterocycles. The number of benzene rings is 3. The molecule has 3 aromatic carbocycles. The lowest BCUT2D eigenvalue weighted by molar-refractivity contribution is 0.373. The topological polar surface area (TPSA) is 63.8 Å². The minimum absolute atomic E-state index is 0.0173. The summed E-state index contributed by atoms with van der Waals surface area (Å²) in [5, 5.41) is 10.6. The Morgan fingerprint density at radius 3 is 2.65 bits per heavy atom. The maximum Gasteiger partial charge on any atom is 0.271 e. The first-order chi connectivity index (χ1) is 16.7. The van der Waals surface area contributed by atoms with Crippen molar-refractivity contribution in [3.63, 3.8) is 0 Å². The van der Waals surface area contributed by atoms with Gasteiger partial charge in [0.05, 0.1) is 23.4 Å². The molecule has 1 aliphatic carbocycles. The van der Waals surface area contributed by atoms with Crippen molar-refractivity contribution in [3.05, 3.63) is 120 Å². The first kappa shape index (κ1) is 20.7. The maximum atomic E-state index is 13.7. The van der Waals surface area contributed by atoms with E-state index in [1.807, 2.05) is 28.8 Å². The van der Waals surface area contributed by atoms with Crippen LogP contribution in [0.3, 0.4) is 0 Å². The van der Waals surface area contributed by atoms with E-state index < -0.39 is 0 Å². The largest absolute Gasteiger partial charge is 0.504 e. The second-order valence-corrected chi connectivity index (χ2v) is 9.43. The summed E-state index contributed by atoms with van der Waals surface area (Å²) in [6.45, 7) is 0.